The van der Waals surface area contributed by atoms with Crippen molar-refractivity contribution in [2.24, 2.45) is 0 Å². The normalized spacial score (nSPS) is 13.9. The van der Waals surface area contributed by atoms with Crippen LogP contribution >= 0.6 is 0 Å². The average molecular weight is 274 g/mol. The molecule has 2 nitrogen and oxygen atoms in total. The Morgan fingerprint density at radius 2 is 1.65 bits per heavy atom. The van der Waals surface area contributed by atoms with E-state index in [2.05, 4.69) is 0 Å². The average Bonchev–Trinajstić information content (AvgIpc) is 2.37. The van der Waals surface area contributed by atoms with Gasteiger partial charge in [-0.3, -0.25) is 0 Å². The molecule has 0 fully saturated rings. The van der Waals surface area contributed by atoms with Gasteiger partial charge in [0.15, 0.2) is 0 Å². The lowest BCUT2D eigenvalue weighted by molar-refractivity contribution is 0.0984. The van der Waals surface area contributed by atoms with Crippen molar-refractivity contribution < 1.29 is 14.2 Å². The van der Waals surface area contributed by atoms with Crippen molar-refractivity contribution in [3.8, 4) is 5.75 Å². The van der Waals surface area contributed by atoms with E-state index in [0.717, 1.165) is 16.7 Å². The summed E-state index contributed by atoms with van der Waals surface area (Å²) in [6, 6.07) is 10.00. The van der Waals surface area contributed by atoms with Crippen molar-refractivity contribution in [3.63, 3.8) is 0 Å². The molecule has 3 heteroatoms. The van der Waals surface area contributed by atoms with E-state index in [1.165, 1.54) is 25.3 Å². The largest absolute Gasteiger partial charge is 0.496 e. The molecule has 0 radical (unpaired) electrons. The number of rotatable bonds is 3. The molecule has 0 aromatic heterocycles. The Hall–Kier alpha value is -1.87. The molecule has 0 saturated heterocycles. The molecule has 2 aromatic rings. The van der Waals surface area contributed by atoms with E-state index >= 15 is 0 Å². The Bertz CT molecular complexity index is 613. The van der Waals surface area contributed by atoms with Gasteiger partial charge in [-0.1, -0.05) is 29.3 Å². The molecule has 0 amide bonds. The van der Waals surface area contributed by atoms with E-state index in [1.807, 2.05) is 32.0 Å². The highest BCUT2D eigenvalue weighted by Crippen LogP contribution is 2.36. The van der Waals surface area contributed by atoms with E-state index in [4.69, 9.17) is 4.74 Å². The van der Waals surface area contributed by atoms with E-state index < -0.39 is 11.4 Å². The number of hydrogen-bond donors (Lipinski definition) is 1. The summed E-state index contributed by atoms with van der Waals surface area (Å²) < 4.78 is 18.8. The maximum atomic E-state index is 13.5. The number of methoxy groups -OCH3 is 1. The highest BCUT2D eigenvalue weighted by atomic mass is 19.1. The third-order valence-electron chi connectivity index (χ3n) is 3.47. The Balaban J connectivity index is 2.62. The molecule has 20 heavy (non-hydrogen) atoms. The maximum Gasteiger partial charge on any atom is 0.125 e. The lowest BCUT2D eigenvalue weighted by atomic mass is 9.86. The number of halogens is 1. The maximum absolute atomic E-state index is 13.5. The van der Waals surface area contributed by atoms with Crippen LogP contribution < -0.4 is 4.74 Å². The topological polar surface area (TPSA) is 29.5 Å². The molecular formula is C17H19FO2. The van der Waals surface area contributed by atoms with Gasteiger partial charge in [0.1, 0.15) is 17.2 Å². The SMILES string of the molecule is COc1ccc(F)cc1C(C)(O)c1cc(C)cc(C)c1. The van der Waals surface area contributed by atoms with E-state index in [0.29, 0.717) is 11.3 Å². The molecule has 0 aliphatic rings. The van der Waals surface area contributed by atoms with Crippen molar-refractivity contribution >= 4 is 0 Å². The fraction of sp³-hybridized carbons (Fsp3) is 0.294. The lowest BCUT2D eigenvalue weighted by Crippen LogP contribution is -2.24. The molecule has 2 aromatic carbocycles. The summed E-state index contributed by atoms with van der Waals surface area (Å²) in [6.07, 6.45) is 0. The smallest absolute Gasteiger partial charge is 0.125 e. The Kier molecular flexibility index (Phi) is 3.82. The monoisotopic (exact) mass is 274 g/mol. The summed E-state index contributed by atoms with van der Waals surface area (Å²) in [5.41, 5.74) is 1.93. The first-order valence-corrected chi connectivity index (χ1v) is 6.50. The second-order valence-electron chi connectivity index (χ2n) is 5.29. The van der Waals surface area contributed by atoms with Gasteiger partial charge in [0, 0.05) is 5.56 Å². The van der Waals surface area contributed by atoms with Crippen LogP contribution in [-0.4, -0.2) is 12.2 Å². The van der Waals surface area contributed by atoms with Gasteiger partial charge in [-0.15, -0.1) is 0 Å². The molecule has 0 aliphatic heterocycles. The molecule has 1 N–H and O–H groups in total. The second kappa shape index (κ2) is 5.25. The molecule has 0 saturated carbocycles. The molecule has 1 atom stereocenters. The summed E-state index contributed by atoms with van der Waals surface area (Å²) in [6.45, 7) is 5.59. The standard InChI is InChI=1S/C17H19FO2/c1-11-7-12(2)9-13(8-11)17(3,19)15-10-14(18)5-6-16(15)20-4/h5-10,19H,1-4H3. The molecule has 0 spiro atoms. The number of ether oxygens (including phenoxy) is 1. The van der Waals surface area contributed by atoms with Gasteiger partial charge in [0.25, 0.3) is 0 Å². The Morgan fingerprint density at radius 3 is 2.20 bits per heavy atom. The van der Waals surface area contributed by atoms with Gasteiger partial charge in [-0.25, -0.2) is 4.39 Å². The molecule has 0 heterocycles. The van der Waals surface area contributed by atoms with Crippen molar-refractivity contribution in [2.45, 2.75) is 26.4 Å². The molecule has 0 aliphatic carbocycles. The summed E-state index contributed by atoms with van der Waals surface area (Å²) in [4.78, 5) is 0. The number of hydrogen-bond acceptors (Lipinski definition) is 2. The van der Waals surface area contributed by atoms with Crippen molar-refractivity contribution in [2.75, 3.05) is 7.11 Å². The van der Waals surface area contributed by atoms with Crippen LogP contribution in [0.25, 0.3) is 0 Å². The summed E-state index contributed by atoms with van der Waals surface area (Å²) >= 11 is 0. The lowest BCUT2D eigenvalue weighted by Gasteiger charge is -2.27. The minimum atomic E-state index is -1.32. The van der Waals surface area contributed by atoms with Crippen LogP contribution in [0, 0.1) is 19.7 Å². The number of aliphatic hydroxyl groups is 1. The van der Waals surface area contributed by atoms with Crippen molar-refractivity contribution in [1.82, 2.24) is 0 Å². The quantitative estimate of drug-likeness (QED) is 0.924. The summed E-state index contributed by atoms with van der Waals surface area (Å²) in [7, 11) is 1.51. The Labute approximate surface area is 118 Å². The fourth-order valence-corrected chi connectivity index (χ4v) is 2.47. The van der Waals surface area contributed by atoms with Crippen LogP contribution in [0.4, 0.5) is 4.39 Å². The van der Waals surface area contributed by atoms with Crippen LogP contribution in [0.2, 0.25) is 0 Å². The van der Waals surface area contributed by atoms with Crippen LogP contribution in [0.1, 0.15) is 29.2 Å². The first-order chi connectivity index (χ1) is 9.34. The first kappa shape index (κ1) is 14.5. The molecule has 2 rings (SSSR count). The molecular weight excluding hydrogens is 255 g/mol. The van der Waals surface area contributed by atoms with Gasteiger partial charge in [0.05, 0.1) is 7.11 Å². The fourth-order valence-electron chi connectivity index (χ4n) is 2.47. The van der Waals surface area contributed by atoms with Gasteiger partial charge in [0.2, 0.25) is 0 Å². The van der Waals surface area contributed by atoms with Gasteiger partial charge >= 0.3 is 0 Å². The van der Waals surface area contributed by atoms with Crippen molar-refractivity contribution in [3.05, 3.63) is 64.5 Å². The highest BCUT2D eigenvalue weighted by molar-refractivity contribution is 5.46. The second-order valence-corrected chi connectivity index (χ2v) is 5.29. The van der Waals surface area contributed by atoms with Crippen LogP contribution in [0.15, 0.2) is 36.4 Å². The minimum Gasteiger partial charge on any atom is -0.496 e. The van der Waals surface area contributed by atoms with E-state index in [9.17, 15) is 9.50 Å². The van der Waals surface area contributed by atoms with Crippen molar-refractivity contribution in [1.29, 1.82) is 0 Å². The summed E-state index contributed by atoms with van der Waals surface area (Å²) in [5.74, 6) is 0.0704. The van der Waals surface area contributed by atoms with Gasteiger partial charge < -0.3 is 9.84 Å². The predicted molar refractivity (Wildman–Crippen MR) is 77.5 cm³/mol. The third kappa shape index (κ3) is 2.68. The minimum absolute atomic E-state index is 0.398. The molecule has 1 unspecified atom stereocenters. The molecule has 0 bridgehead atoms. The highest BCUT2D eigenvalue weighted by Gasteiger charge is 2.30. The zero-order valence-corrected chi connectivity index (χ0v) is 12.2. The zero-order valence-electron chi connectivity index (χ0n) is 12.2. The van der Waals surface area contributed by atoms with Crippen LogP contribution in [0.3, 0.4) is 0 Å². The zero-order chi connectivity index (χ0) is 14.9. The number of aryl methyl sites for hydroxylation is 2. The van der Waals surface area contributed by atoms with Gasteiger partial charge in [-0.05, 0) is 44.5 Å². The summed E-state index contributed by atoms with van der Waals surface area (Å²) in [5, 5.41) is 10.9. The van der Waals surface area contributed by atoms with Gasteiger partial charge in [-0.2, -0.15) is 0 Å². The van der Waals surface area contributed by atoms with E-state index in [-0.39, 0.29) is 0 Å². The first-order valence-electron chi connectivity index (χ1n) is 6.50. The Morgan fingerprint density at radius 1 is 1.05 bits per heavy atom. The number of benzene rings is 2. The van der Waals surface area contributed by atoms with Crippen LogP contribution in [0.5, 0.6) is 5.75 Å². The van der Waals surface area contributed by atoms with Crippen LogP contribution in [-0.2, 0) is 5.60 Å². The third-order valence-corrected chi connectivity index (χ3v) is 3.47. The van der Waals surface area contributed by atoms with E-state index in [1.54, 1.807) is 6.92 Å². The predicted octanol–water partition coefficient (Wildman–Crippen LogP) is 3.71. The molecule has 106 valence electrons.